The number of nitrogens with one attached hydrogen (secondary N) is 1. The van der Waals surface area contributed by atoms with E-state index in [0.29, 0.717) is 0 Å². The van der Waals surface area contributed by atoms with Crippen molar-refractivity contribution in [3.05, 3.63) is 29.8 Å². The van der Waals surface area contributed by atoms with Crippen molar-refractivity contribution in [3.8, 4) is 0 Å². The fourth-order valence-corrected chi connectivity index (χ4v) is 1.20. The minimum absolute atomic E-state index is 0.138. The molecule has 0 atom stereocenters. The minimum Gasteiger partial charge on any atom is -0.317 e. The highest BCUT2D eigenvalue weighted by Crippen LogP contribution is 2.30. The van der Waals surface area contributed by atoms with Crippen LogP contribution in [0.2, 0.25) is 0 Å². The van der Waals surface area contributed by atoms with Crippen LogP contribution in [0.4, 0.5) is 23.7 Å². The number of hydrogen-bond donors (Lipinski definition) is 1. The number of benzene rings is 1. The molecule has 6 heteroatoms. The van der Waals surface area contributed by atoms with Crippen LogP contribution in [0.3, 0.4) is 0 Å². The number of anilines is 1. The molecule has 0 saturated heterocycles. The number of alkyl halides is 3. The molecule has 0 radical (unpaired) electrons. The lowest BCUT2D eigenvalue weighted by Gasteiger charge is -2.08. The van der Waals surface area contributed by atoms with Gasteiger partial charge in [0.05, 0.1) is 5.56 Å². The van der Waals surface area contributed by atoms with Crippen LogP contribution in [-0.2, 0) is 6.18 Å². The molecule has 0 fully saturated rings. The third-order valence-electron chi connectivity index (χ3n) is 1.43. The van der Waals surface area contributed by atoms with Crippen LogP contribution in [0.15, 0.2) is 24.3 Å². The molecule has 0 aliphatic rings. The van der Waals surface area contributed by atoms with Crippen molar-refractivity contribution in [2.45, 2.75) is 6.18 Å². The lowest BCUT2D eigenvalue weighted by molar-refractivity contribution is -0.137. The molecule has 0 bridgehead atoms. The second kappa shape index (κ2) is 4.16. The third-order valence-corrected chi connectivity index (χ3v) is 1.70. The predicted octanol–water partition coefficient (Wildman–Crippen LogP) is 3.67. The average molecular weight is 315 g/mol. The van der Waals surface area contributed by atoms with Crippen LogP contribution in [-0.4, -0.2) is 3.91 Å². The van der Waals surface area contributed by atoms with Gasteiger partial charge in [0.1, 0.15) is 0 Å². The van der Waals surface area contributed by atoms with E-state index in [2.05, 4.69) is 5.32 Å². The first-order valence-corrected chi connectivity index (χ1v) is 4.61. The molecule has 1 amide bonds. The van der Waals surface area contributed by atoms with Crippen LogP contribution >= 0.6 is 22.6 Å². The summed E-state index contributed by atoms with van der Waals surface area (Å²) in [6.45, 7) is 0. The number of amides is 1. The van der Waals surface area contributed by atoms with Crippen molar-refractivity contribution in [3.63, 3.8) is 0 Å². The first-order valence-electron chi connectivity index (χ1n) is 3.53. The van der Waals surface area contributed by atoms with Gasteiger partial charge in [-0.1, -0.05) is 6.07 Å². The molecule has 0 spiro atoms. The fraction of sp³-hybridized carbons (Fsp3) is 0.125. The molecular weight excluding hydrogens is 310 g/mol. The van der Waals surface area contributed by atoms with Gasteiger partial charge in [0.2, 0.25) is 0 Å². The number of rotatable bonds is 1. The number of hydrogen-bond acceptors (Lipinski definition) is 1. The summed E-state index contributed by atoms with van der Waals surface area (Å²) in [5.41, 5.74) is -0.639. The summed E-state index contributed by atoms with van der Waals surface area (Å²) in [5.74, 6) is 0. The molecule has 0 aliphatic heterocycles. The number of carbonyl (C=O) groups is 1. The van der Waals surface area contributed by atoms with E-state index >= 15 is 0 Å². The monoisotopic (exact) mass is 315 g/mol. The first kappa shape index (κ1) is 11.3. The van der Waals surface area contributed by atoms with Crippen molar-refractivity contribution in [1.29, 1.82) is 0 Å². The van der Waals surface area contributed by atoms with E-state index in [0.717, 1.165) is 12.1 Å². The Kier molecular flexibility index (Phi) is 3.35. The largest absolute Gasteiger partial charge is 0.416 e. The van der Waals surface area contributed by atoms with Gasteiger partial charge in [0.25, 0.3) is 3.91 Å². The van der Waals surface area contributed by atoms with Crippen molar-refractivity contribution in [2.24, 2.45) is 0 Å². The lowest BCUT2D eigenvalue weighted by Crippen LogP contribution is -2.06. The van der Waals surface area contributed by atoms with E-state index in [4.69, 9.17) is 0 Å². The van der Waals surface area contributed by atoms with Crippen molar-refractivity contribution < 1.29 is 18.0 Å². The average Bonchev–Trinajstić information content (AvgIpc) is 2.01. The summed E-state index contributed by atoms with van der Waals surface area (Å²) < 4.78 is 36.1. The molecule has 0 heterocycles. The molecule has 2 nitrogen and oxygen atoms in total. The minimum atomic E-state index is -4.38. The van der Waals surface area contributed by atoms with E-state index in [1.54, 1.807) is 0 Å². The van der Waals surface area contributed by atoms with Crippen LogP contribution < -0.4 is 5.32 Å². The third kappa shape index (κ3) is 3.17. The number of halogens is 4. The molecule has 0 aliphatic carbocycles. The smallest absolute Gasteiger partial charge is 0.317 e. The SMILES string of the molecule is O=C(I)Nc1cccc(C(F)(F)F)c1. The van der Waals surface area contributed by atoms with Gasteiger partial charge in [0.15, 0.2) is 0 Å². The first-order chi connectivity index (χ1) is 6.39. The van der Waals surface area contributed by atoms with E-state index in [-0.39, 0.29) is 5.69 Å². The van der Waals surface area contributed by atoms with Gasteiger partial charge in [-0.05, 0) is 18.2 Å². The van der Waals surface area contributed by atoms with Crippen molar-refractivity contribution >= 4 is 32.2 Å². The van der Waals surface area contributed by atoms with E-state index in [1.807, 2.05) is 0 Å². The lowest BCUT2D eigenvalue weighted by atomic mass is 10.2. The quantitative estimate of drug-likeness (QED) is 0.478. The van der Waals surface area contributed by atoms with Gasteiger partial charge in [-0.15, -0.1) is 0 Å². The summed E-state index contributed by atoms with van der Waals surface area (Å²) in [7, 11) is 0. The Morgan fingerprint density at radius 1 is 1.36 bits per heavy atom. The van der Waals surface area contributed by atoms with Crippen LogP contribution in [0, 0.1) is 0 Å². The second-order valence-corrected chi connectivity index (χ2v) is 3.46. The zero-order valence-corrected chi connectivity index (χ0v) is 8.89. The van der Waals surface area contributed by atoms with Gasteiger partial charge >= 0.3 is 6.18 Å². The van der Waals surface area contributed by atoms with Crippen LogP contribution in [0.1, 0.15) is 5.56 Å². The Labute approximate surface area is 91.6 Å². The molecule has 0 aromatic heterocycles. The van der Waals surface area contributed by atoms with E-state index in [1.165, 1.54) is 34.7 Å². The Hall–Kier alpha value is -0.790. The van der Waals surface area contributed by atoms with E-state index in [9.17, 15) is 18.0 Å². The van der Waals surface area contributed by atoms with Crippen molar-refractivity contribution in [2.75, 3.05) is 5.32 Å². The zero-order chi connectivity index (χ0) is 10.8. The zero-order valence-electron chi connectivity index (χ0n) is 6.73. The topological polar surface area (TPSA) is 29.1 Å². The summed E-state index contributed by atoms with van der Waals surface area (Å²) in [4.78, 5) is 10.6. The maximum absolute atomic E-state index is 12.2. The van der Waals surface area contributed by atoms with Gasteiger partial charge in [-0.2, -0.15) is 13.2 Å². The maximum atomic E-state index is 12.2. The van der Waals surface area contributed by atoms with Crippen LogP contribution in [0.25, 0.3) is 0 Å². The molecule has 1 aromatic carbocycles. The highest BCUT2D eigenvalue weighted by molar-refractivity contribution is 14.1. The fourth-order valence-electron chi connectivity index (χ4n) is 0.887. The molecular formula is C8H5F3INO. The summed E-state index contributed by atoms with van der Waals surface area (Å²) >= 11 is 1.45. The standard InChI is InChI=1S/C8H5F3INO/c9-8(10,11)5-2-1-3-6(4-5)13-7(12)14/h1-4H,(H,13,14). The number of carbonyl (C=O) groups excluding carboxylic acids is 1. The molecule has 14 heavy (non-hydrogen) atoms. The Bertz CT molecular complexity index is 351. The van der Waals surface area contributed by atoms with Gasteiger partial charge in [-0.25, -0.2) is 0 Å². The Balaban J connectivity index is 2.95. The highest BCUT2D eigenvalue weighted by atomic mass is 127. The summed E-state index contributed by atoms with van der Waals surface area (Å²) in [6.07, 6.45) is -4.38. The van der Waals surface area contributed by atoms with Gasteiger partial charge in [0, 0.05) is 28.3 Å². The molecule has 1 aromatic rings. The Morgan fingerprint density at radius 3 is 2.50 bits per heavy atom. The molecule has 1 N–H and O–H groups in total. The van der Waals surface area contributed by atoms with Gasteiger partial charge in [-0.3, -0.25) is 4.79 Å². The summed E-state index contributed by atoms with van der Waals surface area (Å²) in [6, 6.07) is 4.47. The van der Waals surface area contributed by atoms with Gasteiger partial charge < -0.3 is 5.32 Å². The maximum Gasteiger partial charge on any atom is 0.416 e. The summed E-state index contributed by atoms with van der Waals surface area (Å²) in [5, 5.41) is 2.26. The molecule has 0 unspecified atom stereocenters. The molecule has 0 saturated carbocycles. The van der Waals surface area contributed by atoms with Crippen molar-refractivity contribution in [1.82, 2.24) is 0 Å². The van der Waals surface area contributed by atoms with Crippen LogP contribution in [0.5, 0.6) is 0 Å². The van der Waals surface area contributed by atoms with E-state index < -0.39 is 15.7 Å². The normalized spacial score (nSPS) is 11.1. The molecule has 1 rings (SSSR count). The second-order valence-electron chi connectivity index (χ2n) is 2.48. The Morgan fingerprint density at radius 2 is 2.00 bits per heavy atom. The molecule has 76 valence electrons. The predicted molar refractivity (Wildman–Crippen MR) is 54.5 cm³/mol. The highest BCUT2D eigenvalue weighted by Gasteiger charge is 2.30.